The first-order chi connectivity index (χ1) is 8.65. The van der Waals surface area contributed by atoms with E-state index in [9.17, 15) is 0 Å². The van der Waals surface area contributed by atoms with Gasteiger partial charge in [0.1, 0.15) is 6.10 Å². The second-order valence-electron chi connectivity index (χ2n) is 5.02. The number of hydrogen-bond acceptors (Lipinski definition) is 2. The third kappa shape index (κ3) is 2.55. The molecule has 2 nitrogen and oxygen atoms in total. The molecule has 0 radical (unpaired) electrons. The lowest BCUT2D eigenvalue weighted by Gasteiger charge is -2.13. The van der Waals surface area contributed by atoms with Crippen molar-refractivity contribution in [1.29, 1.82) is 0 Å². The Morgan fingerprint density at radius 3 is 2.06 bits per heavy atom. The van der Waals surface area contributed by atoms with Crippen LogP contribution in [0.1, 0.15) is 50.3 Å². The van der Waals surface area contributed by atoms with E-state index in [1.54, 1.807) is 0 Å². The molecule has 2 rings (SSSR count). The van der Waals surface area contributed by atoms with Crippen LogP contribution in [0.5, 0.6) is 0 Å². The molecule has 0 aliphatic rings. The highest BCUT2D eigenvalue weighted by atomic mass is 17.1. The minimum Gasteiger partial charge on any atom is -0.251 e. The van der Waals surface area contributed by atoms with Crippen LogP contribution >= 0.6 is 0 Å². The average molecular weight is 244 g/mol. The molecule has 2 aromatic rings. The Balaban J connectivity index is 2.44. The van der Waals surface area contributed by atoms with Crippen molar-refractivity contribution in [3.8, 4) is 0 Å². The number of hydrogen-bond donors (Lipinski definition) is 1. The molecule has 0 spiro atoms. The van der Waals surface area contributed by atoms with Gasteiger partial charge in [0.15, 0.2) is 0 Å². The zero-order chi connectivity index (χ0) is 13.1. The third-order valence-electron chi connectivity index (χ3n) is 3.42. The molecular weight excluding hydrogens is 224 g/mol. The molecule has 0 saturated heterocycles. The summed E-state index contributed by atoms with van der Waals surface area (Å²) in [6.45, 7) is 6.39. The van der Waals surface area contributed by atoms with Crippen molar-refractivity contribution in [2.75, 3.05) is 0 Å². The van der Waals surface area contributed by atoms with Crippen LogP contribution in [0.25, 0.3) is 10.8 Å². The lowest BCUT2D eigenvalue weighted by atomic mass is 9.97. The number of fused-ring (bicyclic) bond motifs is 1. The second kappa shape index (κ2) is 5.51. The molecule has 1 atom stereocenters. The van der Waals surface area contributed by atoms with E-state index in [1.165, 1.54) is 16.3 Å². The fourth-order valence-corrected chi connectivity index (χ4v) is 2.21. The highest BCUT2D eigenvalue weighted by molar-refractivity contribution is 5.84. The first-order valence-corrected chi connectivity index (χ1v) is 6.49. The Morgan fingerprint density at radius 1 is 1.00 bits per heavy atom. The Morgan fingerprint density at radius 2 is 1.56 bits per heavy atom. The minimum absolute atomic E-state index is 0.237. The van der Waals surface area contributed by atoms with Gasteiger partial charge in [-0.3, -0.25) is 5.26 Å². The Hall–Kier alpha value is -1.38. The van der Waals surface area contributed by atoms with Crippen molar-refractivity contribution in [2.24, 2.45) is 0 Å². The summed E-state index contributed by atoms with van der Waals surface area (Å²) < 4.78 is 0. The van der Waals surface area contributed by atoms with Gasteiger partial charge in [-0.05, 0) is 40.3 Å². The average Bonchev–Trinajstić information content (AvgIpc) is 2.39. The zero-order valence-corrected chi connectivity index (χ0v) is 11.2. The predicted molar refractivity (Wildman–Crippen MR) is 74.8 cm³/mol. The lowest BCUT2D eigenvalue weighted by Crippen LogP contribution is -1.99. The molecule has 0 aliphatic heterocycles. The highest BCUT2D eigenvalue weighted by Gasteiger charge is 2.10. The van der Waals surface area contributed by atoms with E-state index in [-0.39, 0.29) is 6.10 Å². The third-order valence-corrected chi connectivity index (χ3v) is 3.42. The zero-order valence-electron chi connectivity index (χ0n) is 11.2. The van der Waals surface area contributed by atoms with Crippen molar-refractivity contribution >= 4 is 10.8 Å². The molecule has 1 unspecified atom stereocenters. The Kier molecular flexibility index (Phi) is 4.00. The van der Waals surface area contributed by atoms with Gasteiger partial charge < -0.3 is 0 Å². The molecular formula is C16H20O2. The van der Waals surface area contributed by atoms with Crippen molar-refractivity contribution < 1.29 is 10.1 Å². The van der Waals surface area contributed by atoms with E-state index in [2.05, 4.69) is 49.1 Å². The fourth-order valence-electron chi connectivity index (χ4n) is 2.21. The van der Waals surface area contributed by atoms with Crippen LogP contribution in [0.3, 0.4) is 0 Å². The molecule has 0 amide bonds. The maximum absolute atomic E-state index is 8.87. The number of rotatable bonds is 4. The van der Waals surface area contributed by atoms with E-state index in [0.717, 1.165) is 12.0 Å². The topological polar surface area (TPSA) is 29.5 Å². The van der Waals surface area contributed by atoms with Gasteiger partial charge in [0.05, 0.1) is 0 Å². The fraction of sp³-hybridized carbons (Fsp3) is 0.375. The standard InChI is InChI=1S/C16H20O2/c1-4-16(18-17)15-8-7-13-9-12(11(2)3)5-6-14(13)10-15/h5-11,16-17H,4H2,1-3H3. The van der Waals surface area contributed by atoms with Crippen LogP contribution < -0.4 is 0 Å². The second-order valence-corrected chi connectivity index (χ2v) is 5.02. The van der Waals surface area contributed by atoms with E-state index < -0.39 is 0 Å². The molecule has 0 fully saturated rings. The molecule has 18 heavy (non-hydrogen) atoms. The molecule has 96 valence electrons. The SMILES string of the molecule is CCC(OO)c1ccc2cc(C(C)C)ccc2c1. The normalized spacial score (nSPS) is 13.2. The summed E-state index contributed by atoms with van der Waals surface area (Å²) in [4.78, 5) is 4.50. The largest absolute Gasteiger partial charge is 0.251 e. The van der Waals surface area contributed by atoms with Crippen LogP contribution in [0, 0.1) is 0 Å². The summed E-state index contributed by atoms with van der Waals surface area (Å²) in [5, 5.41) is 11.3. The summed E-state index contributed by atoms with van der Waals surface area (Å²) in [6.07, 6.45) is 0.519. The van der Waals surface area contributed by atoms with Gasteiger partial charge in [-0.2, -0.15) is 0 Å². The van der Waals surface area contributed by atoms with Gasteiger partial charge in [0, 0.05) is 0 Å². The van der Waals surface area contributed by atoms with E-state index in [1.807, 2.05) is 13.0 Å². The summed E-state index contributed by atoms with van der Waals surface area (Å²) in [5.74, 6) is 0.540. The van der Waals surface area contributed by atoms with Crippen molar-refractivity contribution in [1.82, 2.24) is 0 Å². The van der Waals surface area contributed by atoms with Gasteiger partial charge in [-0.25, -0.2) is 4.89 Å². The Bertz CT molecular complexity index is 528. The highest BCUT2D eigenvalue weighted by Crippen LogP contribution is 2.26. The first-order valence-electron chi connectivity index (χ1n) is 6.49. The van der Waals surface area contributed by atoms with Crippen LogP contribution in [-0.4, -0.2) is 5.26 Å². The molecule has 2 heteroatoms. The van der Waals surface area contributed by atoms with Crippen molar-refractivity contribution in [2.45, 2.75) is 39.2 Å². The molecule has 0 saturated carbocycles. The Labute approximate surface area is 108 Å². The van der Waals surface area contributed by atoms with Gasteiger partial charge in [-0.1, -0.05) is 51.1 Å². The summed E-state index contributed by atoms with van der Waals surface area (Å²) >= 11 is 0. The van der Waals surface area contributed by atoms with Gasteiger partial charge >= 0.3 is 0 Å². The van der Waals surface area contributed by atoms with Crippen molar-refractivity contribution in [3.05, 3.63) is 47.5 Å². The first kappa shape index (κ1) is 13.1. The van der Waals surface area contributed by atoms with Crippen molar-refractivity contribution in [3.63, 3.8) is 0 Å². The van der Waals surface area contributed by atoms with Crippen LogP contribution in [-0.2, 0) is 4.89 Å². The molecule has 1 N–H and O–H groups in total. The monoisotopic (exact) mass is 244 g/mol. The van der Waals surface area contributed by atoms with Crippen LogP contribution in [0.15, 0.2) is 36.4 Å². The summed E-state index contributed by atoms with van der Waals surface area (Å²) in [7, 11) is 0. The molecule has 0 aromatic heterocycles. The number of benzene rings is 2. The summed E-state index contributed by atoms with van der Waals surface area (Å²) in [6, 6.07) is 12.7. The van der Waals surface area contributed by atoms with E-state index in [4.69, 9.17) is 5.26 Å². The van der Waals surface area contributed by atoms with Gasteiger partial charge in [0.2, 0.25) is 0 Å². The van der Waals surface area contributed by atoms with Gasteiger partial charge in [-0.15, -0.1) is 0 Å². The smallest absolute Gasteiger partial charge is 0.117 e. The maximum atomic E-state index is 8.87. The molecule has 2 aromatic carbocycles. The van der Waals surface area contributed by atoms with Crippen LogP contribution in [0.2, 0.25) is 0 Å². The minimum atomic E-state index is -0.237. The molecule has 0 heterocycles. The van der Waals surface area contributed by atoms with Crippen LogP contribution in [0.4, 0.5) is 0 Å². The maximum Gasteiger partial charge on any atom is 0.117 e. The quantitative estimate of drug-likeness (QED) is 0.612. The predicted octanol–water partition coefficient (Wildman–Crippen LogP) is 4.90. The molecule has 0 aliphatic carbocycles. The lowest BCUT2D eigenvalue weighted by molar-refractivity contribution is -0.282. The molecule has 0 bridgehead atoms. The van der Waals surface area contributed by atoms with E-state index >= 15 is 0 Å². The van der Waals surface area contributed by atoms with E-state index in [0.29, 0.717) is 5.92 Å². The summed E-state index contributed by atoms with van der Waals surface area (Å²) in [5.41, 5.74) is 2.37. The van der Waals surface area contributed by atoms with Gasteiger partial charge in [0.25, 0.3) is 0 Å².